The molecule has 0 spiro atoms. The van der Waals surface area contributed by atoms with Gasteiger partial charge in [0.1, 0.15) is 0 Å². The molecule has 1 aromatic heterocycles. The molecule has 0 aliphatic rings. The van der Waals surface area contributed by atoms with Crippen molar-refractivity contribution in [3.8, 4) is 0 Å². The van der Waals surface area contributed by atoms with Crippen LogP contribution in [0.4, 0.5) is 0 Å². The fraction of sp³-hybridized carbons (Fsp3) is 0.105. The van der Waals surface area contributed by atoms with Gasteiger partial charge in [0.05, 0.1) is 17.4 Å². The number of thiophene rings is 1. The fourth-order valence-corrected chi connectivity index (χ4v) is 3.98. The van der Waals surface area contributed by atoms with Crippen LogP contribution in [0.5, 0.6) is 0 Å². The Kier molecular flexibility index (Phi) is 5.96. The SMILES string of the molecule is NS(=O)(=O)c1ccc(CC(=O)NC(c2ccc(Cl)cc2)c2ccsc2)cc1. The molecule has 2 aromatic carbocycles. The second-order valence-corrected chi connectivity index (χ2v) is 8.75. The van der Waals surface area contributed by atoms with Crippen LogP contribution < -0.4 is 10.5 Å². The Morgan fingerprint density at radius 3 is 2.26 bits per heavy atom. The van der Waals surface area contributed by atoms with E-state index in [1.165, 1.54) is 12.1 Å². The summed E-state index contributed by atoms with van der Waals surface area (Å²) >= 11 is 7.52. The maximum Gasteiger partial charge on any atom is 0.238 e. The molecule has 3 N–H and O–H groups in total. The van der Waals surface area contributed by atoms with Gasteiger partial charge >= 0.3 is 0 Å². The van der Waals surface area contributed by atoms with E-state index in [0.29, 0.717) is 10.6 Å². The number of rotatable bonds is 6. The number of halogens is 1. The largest absolute Gasteiger partial charge is 0.345 e. The molecule has 5 nitrogen and oxygen atoms in total. The van der Waals surface area contributed by atoms with Gasteiger partial charge in [0.2, 0.25) is 15.9 Å². The van der Waals surface area contributed by atoms with E-state index in [1.54, 1.807) is 35.6 Å². The molecule has 0 bridgehead atoms. The van der Waals surface area contributed by atoms with Crippen molar-refractivity contribution >= 4 is 38.9 Å². The van der Waals surface area contributed by atoms with E-state index < -0.39 is 10.0 Å². The molecule has 0 saturated carbocycles. The molecular weight excluding hydrogens is 404 g/mol. The Balaban J connectivity index is 1.76. The topological polar surface area (TPSA) is 89.3 Å². The molecule has 0 radical (unpaired) electrons. The smallest absolute Gasteiger partial charge is 0.238 e. The summed E-state index contributed by atoms with van der Waals surface area (Å²) in [6.45, 7) is 0. The molecule has 0 fully saturated rings. The molecule has 3 aromatic rings. The highest BCUT2D eigenvalue weighted by Gasteiger charge is 2.18. The lowest BCUT2D eigenvalue weighted by Gasteiger charge is -2.19. The lowest BCUT2D eigenvalue weighted by molar-refractivity contribution is -0.120. The average Bonchev–Trinajstić information content (AvgIpc) is 3.14. The molecule has 0 saturated heterocycles. The minimum Gasteiger partial charge on any atom is -0.345 e. The highest BCUT2D eigenvalue weighted by atomic mass is 35.5. The predicted molar refractivity (Wildman–Crippen MR) is 107 cm³/mol. The van der Waals surface area contributed by atoms with Crippen molar-refractivity contribution in [3.63, 3.8) is 0 Å². The molecular formula is C19H17ClN2O3S2. The predicted octanol–water partition coefficient (Wildman–Crippen LogP) is 3.50. The number of carbonyl (C=O) groups excluding carboxylic acids is 1. The number of amides is 1. The van der Waals surface area contributed by atoms with E-state index in [0.717, 1.165) is 11.1 Å². The Hall–Kier alpha value is -2.19. The van der Waals surface area contributed by atoms with Crippen molar-refractivity contribution in [1.82, 2.24) is 5.32 Å². The quantitative estimate of drug-likeness (QED) is 0.639. The molecule has 3 rings (SSSR count). The third kappa shape index (κ3) is 5.17. The van der Waals surface area contributed by atoms with Gasteiger partial charge in [0, 0.05) is 5.02 Å². The van der Waals surface area contributed by atoms with Gasteiger partial charge < -0.3 is 5.32 Å². The fourth-order valence-electron chi connectivity index (χ4n) is 2.65. The Morgan fingerprint density at radius 2 is 1.70 bits per heavy atom. The van der Waals surface area contributed by atoms with Gasteiger partial charge in [-0.2, -0.15) is 11.3 Å². The van der Waals surface area contributed by atoms with Gasteiger partial charge in [-0.25, -0.2) is 13.6 Å². The van der Waals surface area contributed by atoms with E-state index in [2.05, 4.69) is 5.32 Å². The van der Waals surface area contributed by atoms with Gasteiger partial charge in [0.15, 0.2) is 0 Å². The summed E-state index contributed by atoms with van der Waals surface area (Å²) in [6, 6.07) is 15.0. The van der Waals surface area contributed by atoms with Crippen LogP contribution in [-0.4, -0.2) is 14.3 Å². The number of hydrogen-bond acceptors (Lipinski definition) is 4. The van der Waals surface area contributed by atoms with Crippen molar-refractivity contribution < 1.29 is 13.2 Å². The second kappa shape index (κ2) is 8.22. The zero-order chi connectivity index (χ0) is 19.4. The minimum atomic E-state index is -3.75. The highest BCUT2D eigenvalue weighted by molar-refractivity contribution is 7.89. The Labute approximate surface area is 166 Å². The molecule has 1 atom stereocenters. The number of primary sulfonamides is 1. The first kappa shape index (κ1) is 19.6. The van der Waals surface area contributed by atoms with Gasteiger partial charge in [-0.15, -0.1) is 0 Å². The third-order valence-corrected chi connectivity index (χ3v) is 5.88. The lowest BCUT2D eigenvalue weighted by atomic mass is 10.0. The van der Waals surface area contributed by atoms with Crippen LogP contribution in [0.1, 0.15) is 22.7 Å². The van der Waals surface area contributed by atoms with Crippen molar-refractivity contribution in [2.75, 3.05) is 0 Å². The number of benzene rings is 2. The third-order valence-electron chi connectivity index (χ3n) is 4.00. The van der Waals surface area contributed by atoms with Crippen LogP contribution in [0.25, 0.3) is 0 Å². The first-order valence-electron chi connectivity index (χ1n) is 8.01. The normalized spacial score (nSPS) is 12.5. The molecule has 140 valence electrons. The zero-order valence-electron chi connectivity index (χ0n) is 14.1. The standard InChI is InChI=1S/C19H17ClN2O3S2/c20-16-5-3-14(4-6-16)19(15-9-10-26-12-15)22-18(23)11-13-1-7-17(8-2-13)27(21,24)25/h1-10,12,19H,11H2,(H,22,23)(H2,21,24,25). The summed E-state index contributed by atoms with van der Waals surface area (Å²) < 4.78 is 22.6. The van der Waals surface area contributed by atoms with Crippen molar-refractivity contribution in [1.29, 1.82) is 0 Å². The number of nitrogens with one attached hydrogen (secondary N) is 1. The molecule has 1 amide bonds. The van der Waals surface area contributed by atoms with E-state index in [1.807, 2.05) is 29.0 Å². The van der Waals surface area contributed by atoms with Crippen LogP contribution in [0.15, 0.2) is 70.3 Å². The van der Waals surface area contributed by atoms with Crippen molar-refractivity contribution in [3.05, 3.63) is 87.1 Å². The highest BCUT2D eigenvalue weighted by Crippen LogP contribution is 2.25. The molecule has 8 heteroatoms. The lowest BCUT2D eigenvalue weighted by Crippen LogP contribution is -2.30. The number of carbonyl (C=O) groups is 1. The number of sulfonamides is 1. The molecule has 0 aliphatic carbocycles. The summed E-state index contributed by atoms with van der Waals surface area (Å²) in [5.74, 6) is -0.176. The molecule has 1 unspecified atom stereocenters. The second-order valence-electron chi connectivity index (χ2n) is 5.97. The van der Waals surface area contributed by atoms with Crippen LogP contribution >= 0.6 is 22.9 Å². The monoisotopic (exact) mass is 420 g/mol. The van der Waals surface area contributed by atoms with Gasteiger partial charge in [-0.05, 0) is 57.8 Å². The van der Waals surface area contributed by atoms with E-state index >= 15 is 0 Å². The summed E-state index contributed by atoms with van der Waals surface area (Å²) in [6.07, 6.45) is 0.124. The van der Waals surface area contributed by atoms with Crippen molar-refractivity contribution in [2.45, 2.75) is 17.4 Å². The average molecular weight is 421 g/mol. The van der Waals surface area contributed by atoms with Gasteiger partial charge in [0.25, 0.3) is 0 Å². The zero-order valence-corrected chi connectivity index (χ0v) is 16.5. The van der Waals surface area contributed by atoms with Gasteiger partial charge in [-0.1, -0.05) is 35.9 Å². The maximum atomic E-state index is 12.6. The summed E-state index contributed by atoms with van der Waals surface area (Å²) in [5, 5.41) is 12.7. The Morgan fingerprint density at radius 1 is 1.04 bits per heavy atom. The number of nitrogens with two attached hydrogens (primary N) is 1. The summed E-state index contributed by atoms with van der Waals surface area (Å²) in [5.41, 5.74) is 2.61. The number of hydrogen-bond donors (Lipinski definition) is 2. The first-order valence-corrected chi connectivity index (χ1v) is 10.9. The van der Waals surface area contributed by atoms with E-state index in [4.69, 9.17) is 16.7 Å². The van der Waals surface area contributed by atoms with Crippen LogP contribution in [0, 0.1) is 0 Å². The minimum absolute atomic E-state index is 0.0176. The Bertz CT molecular complexity index is 1020. The van der Waals surface area contributed by atoms with Gasteiger partial charge in [-0.3, -0.25) is 4.79 Å². The van der Waals surface area contributed by atoms with Crippen molar-refractivity contribution in [2.24, 2.45) is 5.14 Å². The van der Waals surface area contributed by atoms with Crippen LogP contribution in [0.2, 0.25) is 5.02 Å². The first-order chi connectivity index (χ1) is 12.8. The summed E-state index contributed by atoms with van der Waals surface area (Å²) in [7, 11) is -3.75. The van der Waals surface area contributed by atoms with E-state index in [9.17, 15) is 13.2 Å². The maximum absolute atomic E-state index is 12.6. The summed E-state index contributed by atoms with van der Waals surface area (Å²) in [4.78, 5) is 12.6. The van der Waals surface area contributed by atoms with E-state index in [-0.39, 0.29) is 23.3 Å². The molecule has 1 heterocycles. The van der Waals surface area contributed by atoms with Crippen LogP contribution in [-0.2, 0) is 21.2 Å². The molecule has 0 aliphatic heterocycles. The molecule has 27 heavy (non-hydrogen) atoms. The van der Waals surface area contributed by atoms with Crippen LogP contribution in [0.3, 0.4) is 0 Å².